The van der Waals surface area contributed by atoms with Crippen LogP contribution in [0.5, 0.6) is 0 Å². The molecule has 0 spiro atoms. The van der Waals surface area contributed by atoms with E-state index in [1.807, 2.05) is 0 Å². The van der Waals surface area contributed by atoms with Gasteiger partial charge in [0.2, 0.25) is 11.7 Å². The van der Waals surface area contributed by atoms with E-state index in [1.165, 1.54) is 31.6 Å². The van der Waals surface area contributed by atoms with Crippen molar-refractivity contribution < 1.29 is 22.9 Å². The van der Waals surface area contributed by atoms with Crippen molar-refractivity contribution in [3.05, 3.63) is 41.0 Å². The summed E-state index contributed by atoms with van der Waals surface area (Å²) in [5.74, 6) is -1.24. The average molecular weight is 409 g/mol. The van der Waals surface area contributed by atoms with Gasteiger partial charge in [-0.05, 0) is 13.0 Å². The maximum Gasteiger partial charge on any atom is 0.405 e. The van der Waals surface area contributed by atoms with Crippen LogP contribution in [0.15, 0.2) is 30.9 Å². The zero-order chi connectivity index (χ0) is 21.2. The Morgan fingerprint density at radius 2 is 2.14 bits per heavy atom. The summed E-state index contributed by atoms with van der Waals surface area (Å²) < 4.78 is 36.8. The summed E-state index contributed by atoms with van der Waals surface area (Å²) >= 11 is 0. The molecule has 0 saturated carbocycles. The van der Waals surface area contributed by atoms with Crippen molar-refractivity contribution in [2.75, 3.05) is 11.9 Å². The number of nitrogens with zero attached hydrogens (tertiary/aromatic N) is 4. The van der Waals surface area contributed by atoms with Crippen LogP contribution in [0.2, 0.25) is 0 Å². The lowest BCUT2D eigenvalue weighted by Gasteiger charge is -2.16. The molecule has 0 radical (unpaired) electrons. The summed E-state index contributed by atoms with van der Waals surface area (Å²) in [5.41, 5.74) is 0.986. The fourth-order valence-electron chi connectivity index (χ4n) is 2.54. The van der Waals surface area contributed by atoms with Crippen molar-refractivity contribution in [3.63, 3.8) is 0 Å². The van der Waals surface area contributed by atoms with Crippen molar-refractivity contribution in [2.24, 2.45) is 0 Å². The highest BCUT2D eigenvalue weighted by Crippen LogP contribution is 2.30. The van der Waals surface area contributed by atoms with Crippen LogP contribution < -0.4 is 10.6 Å². The molecule has 0 aliphatic carbocycles. The lowest BCUT2D eigenvalue weighted by molar-refractivity contribution is -0.384. The number of amides is 1. The molecule has 0 aromatic carbocycles. The van der Waals surface area contributed by atoms with Gasteiger partial charge >= 0.3 is 11.9 Å². The van der Waals surface area contributed by atoms with E-state index < -0.39 is 35.3 Å². The fourth-order valence-corrected chi connectivity index (χ4v) is 2.54. The smallest absolute Gasteiger partial charge is 0.353 e. The highest BCUT2D eigenvalue weighted by molar-refractivity contribution is 5.92. The summed E-state index contributed by atoms with van der Waals surface area (Å²) in [4.78, 5) is 37.5. The average Bonchev–Trinajstić information content (AvgIpc) is 3.09. The number of H-pyrrole nitrogens is 1. The molecule has 3 heterocycles. The number of carbonyl (C=O) groups is 1. The lowest BCUT2D eigenvalue weighted by Crippen LogP contribution is -2.42. The molecule has 152 valence electrons. The molecule has 3 aromatic rings. The van der Waals surface area contributed by atoms with E-state index in [-0.39, 0.29) is 5.82 Å². The van der Waals surface area contributed by atoms with Crippen molar-refractivity contribution in [2.45, 2.75) is 19.1 Å². The Morgan fingerprint density at radius 1 is 1.38 bits per heavy atom. The van der Waals surface area contributed by atoms with Crippen LogP contribution in [-0.4, -0.2) is 49.5 Å². The van der Waals surface area contributed by atoms with Crippen LogP contribution in [0.1, 0.15) is 6.92 Å². The number of pyridine rings is 1. The zero-order valence-corrected chi connectivity index (χ0v) is 14.8. The predicted octanol–water partition coefficient (Wildman–Crippen LogP) is 2.41. The molecule has 0 unspecified atom stereocenters. The molecule has 13 heteroatoms. The predicted molar refractivity (Wildman–Crippen MR) is 95.9 cm³/mol. The van der Waals surface area contributed by atoms with Crippen LogP contribution in [0.3, 0.4) is 0 Å². The third-order valence-electron chi connectivity index (χ3n) is 3.91. The molecule has 0 bridgehead atoms. The Labute approximate surface area is 160 Å². The Bertz CT molecular complexity index is 1070. The van der Waals surface area contributed by atoms with Gasteiger partial charge in [-0.2, -0.15) is 13.2 Å². The third-order valence-corrected chi connectivity index (χ3v) is 3.91. The number of alkyl halides is 3. The number of hydrogen-bond donors (Lipinski definition) is 3. The van der Waals surface area contributed by atoms with Gasteiger partial charge in [0.15, 0.2) is 0 Å². The van der Waals surface area contributed by atoms with Gasteiger partial charge < -0.3 is 15.6 Å². The largest absolute Gasteiger partial charge is 0.405 e. The standard InChI is InChI=1S/C16H14F3N7O3/c1-8(15(27)22-6-16(17,18)19)24-14-12(26(28)29)3-2-11(25-14)9-5-21-13-10(9)4-20-7-23-13/h2-5,7-8H,6H2,1H3,(H,22,27)(H,24,25)(H,20,21,23)/t8-/m0/s1. The first-order valence-corrected chi connectivity index (χ1v) is 8.19. The highest BCUT2D eigenvalue weighted by Gasteiger charge is 2.29. The summed E-state index contributed by atoms with van der Waals surface area (Å²) in [6.07, 6.45) is -0.0919. The van der Waals surface area contributed by atoms with Crippen LogP contribution >= 0.6 is 0 Å². The van der Waals surface area contributed by atoms with Gasteiger partial charge in [0.1, 0.15) is 24.6 Å². The van der Waals surface area contributed by atoms with Crippen molar-refractivity contribution in [1.29, 1.82) is 0 Å². The molecule has 1 amide bonds. The number of anilines is 1. The molecule has 3 N–H and O–H groups in total. The molecule has 0 saturated heterocycles. The van der Waals surface area contributed by atoms with Crippen molar-refractivity contribution in [1.82, 2.24) is 25.3 Å². The van der Waals surface area contributed by atoms with E-state index in [0.717, 1.165) is 0 Å². The summed E-state index contributed by atoms with van der Waals surface area (Å²) in [5, 5.41) is 16.1. The van der Waals surface area contributed by atoms with Gasteiger partial charge in [-0.3, -0.25) is 14.9 Å². The number of aromatic amines is 1. The summed E-state index contributed by atoms with van der Waals surface area (Å²) in [7, 11) is 0. The number of halogens is 3. The molecule has 0 aliphatic heterocycles. The van der Waals surface area contributed by atoms with E-state index in [9.17, 15) is 28.1 Å². The molecular formula is C16H14F3N7O3. The number of fused-ring (bicyclic) bond motifs is 1. The second-order valence-electron chi connectivity index (χ2n) is 6.01. The van der Waals surface area contributed by atoms with E-state index >= 15 is 0 Å². The van der Waals surface area contributed by atoms with Crippen molar-refractivity contribution in [3.8, 4) is 11.3 Å². The molecule has 0 fully saturated rings. The van der Waals surface area contributed by atoms with Crippen molar-refractivity contribution >= 4 is 28.4 Å². The van der Waals surface area contributed by atoms with Crippen LogP contribution in [0.4, 0.5) is 24.7 Å². The molecule has 3 aromatic heterocycles. The van der Waals surface area contributed by atoms with E-state index in [1.54, 1.807) is 11.5 Å². The maximum atomic E-state index is 12.3. The number of nitro groups is 1. The first-order chi connectivity index (χ1) is 13.7. The van der Waals surface area contributed by atoms with Gasteiger partial charge in [0.25, 0.3) is 0 Å². The third kappa shape index (κ3) is 4.56. The van der Waals surface area contributed by atoms with Gasteiger partial charge in [-0.15, -0.1) is 0 Å². The summed E-state index contributed by atoms with van der Waals surface area (Å²) in [6, 6.07) is 1.39. The Kier molecular flexibility index (Phi) is 5.30. The van der Waals surface area contributed by atoms with Crippen LogP contribution in [-0.2, 0) is 4.79 Å². The highest BCUT2D eigenvalue weighted by atomic mass is 19.4. The zero-order valence-electron chi connectivity index (χ0n) is 14.8. The van der Waals surface area contributed by atoms with E-state index in [4.69, 9.17) is 0 Å². The SMILES string of the molecule is C[C@H](Nc1nc(-c2c[nH]c3ncncc23)ccc1[N+](=O)[O-])C(=O)NCC(F)(F)F. The minimum absolute atomic E-state index is 0.256. The first-order valence-electron chi connectivity index (χ1n) is 8.19. The monoisotopic (exact) mass is 409 g/mol. The number of nitrogens with one attached hydrogen (secondary N) is 3. The van der Waals surface area contributed by atoms with E-state index in [0.29, 0.717) is 22.3 Å². The number of rotatable bonds is 6. The van der Waals surface area contributed by atoms with Crippen LogP contribution in [0.25, 0.3) is 22.3 Å². The Balaban J connectivity index is 1.90. The normalized spacial score (nSPS) is 12.6. The van der Waals surface area contributed by atoms with Gasteiger partial charge in [-0.1, -0.05) is 0 Å². The number of carbonyl (C=O) groups excluding carboxylic acids is 1. The first kappa shape index (κ1) is 20.0. The quantitative estimate of drug-likeness (QED) is 0.420. The molecular weight excluding hydrogens is 395 g/mol. The molecule has 3 rings (SSSR count). The number of aromatic nitrogens is 4. The lowest BCUT2D eigenvalue weighted by atomic mass is 10.1. The minimum atomic E-state index is -4.57. The summed E-state index contributed by atoms with van der Waals surface area (Å²) in [6.45, 7) is -0.244. The second-order valence-corrected chi connectivity index (χ2v) is 6.01. The molecule has 29 heavy (non-hydrogen) atoms. The van der Waals surface area contributed by atoms with E-state index in [2.05, 4.69) is 25.3 Å². The Hall–Kier alpha value is -3.77. The Morgan fingerprint density at radius 3 is 2.83 bits per heavy atom. The van der Waals surface area contributed by atoms with Gasteiger partial charge in [0.05, 0.1) is 10.6 Å². The molecule has 0 aliphatic rings. The maximum absolute atomic E-state index is 12.3. The molecule has 1 atom stereocenters. The van der Waals surface area contributed by atoms with Gasteiger partial charge in [0, 0.05) is 29.4 Å². The fraction of sp³-hybridized carbons (Fsp3) is 0.250. The minimum Gasteiger partial charge on any atom is -0.353 e. The van der Waals surface area contributed by atoms with Gasteiger partial charge in [-0.25, -0.2) is 15.0 Å². The number of hydrogen-bond acceptors (Lipinski definition) is 7. The molecule has 10 nitrogen and oxygen atoms in total. The van der Waals surface area contributed by atoms with Crippen LogP contribution in [0, 0.1) is 10.1 Å². The topological polar surface area (TPSA) is 139 Å². The second kappa shape index (κ2) is 7.69.